The lowest BCUT2D eigenvalue weighted by Gasteiger charge is -2.35. The van der Waals surface area contributed by atoms with Crippen molar-refractivity contribution in [3.05, 3.63) is 59.4 Å². The lowest BCUT2D eigenvalue weighted by molar-refractivity contribution is 0.0746. The highest BCUT2D eigenvalue weighted by molar-refractivity contribution is 5.94. The number of carbonyl (C=O) groups is 1. The molecule has 0 saturated carbocycles. The van der Waals surface area contributed by atoms with Crippen LogP contribution in [-0.2, 0) is 0 Å². The Balaban J connectivity index is 1.49. The van der Waals surface area contributed by atoms with Crippen molar-refractivity contribution in [1.29, 1.82) is 0 Å². The van der Waals surface area contributed by atoms with Gasteiger partial charge in [0.05, 0.1) is 12.8 Å². The monoisotopic (exact) mass is 406 g/mol. The predicted molar refractivity (Wildman–Crippen MR) is 114 cm³/mol. The van der Waals surface area contributed by atoms with Crippen molar-refractivity contribution >= 4 is 11.7 Å². The summed E-state index contributed by atoms with van der Waals surface area (Å²) < 4.78 is 7.22. The fourth-order valence-electron chi connectivity index (χ4n) is 3.63. The number of methoxy groups -OCH3 is 1. The molecule has 0 spiro atoms. The summed E-state index contributed by atoms with van der Waals surface area (Å²) in [7, 11) is 1.60. The first-order chi connectivity index (χ1) is 14.5. The van der Waals surface area contributed by atoms with E-state index in [0.717, 1.165) is 23.0 Å². The van der Waals surface area contributed by atoms with Crippen LogP contribution < -0.4 is 9.64 Å². The maximum atomic E-state index is 12.9. The second-order valence-corrected chi connectivity index (χ2v) is 7.43. The zero-order chi connectivity index (χ0) is 21.3. The minimum Gasteiger partial charge on any atom is -0.497 e. The van der Waals surface area contributed by atoms with Gasteiger partial charge in [-0.3, -0.25) is 9.36 Å². The SMILES string of the molecule is COc1cccc(C(=O)N2CCN(c3cc(-n4cnc(C)c4C)nc(C)n3)CC2)c1. The maximum absolute atomic E-state index is 12.9. The van der Waals surface area contributed by atoms with Gasteiger partial charge in [-0.15, -0.1) is 0 Å². The van der Waals surface area contributed by atoms with Crippen LogP contribution >= 0.6 is 0 Å². The number of ether oxygens (including phenoxy) is 1. The molecule has 156 valence electrons. The van der Waals surface area contributed by atoms with Crippen LogP contribution in [0, 0.1) is 20.8 Å². The van der Waals surface area contributed by atoms with Crippen LogP contribution in [0.4, 0.5) is 5.82 Å². The number of anilines is 1. The zero-order valence-electron chi connectivity index (χ0n) is 17.8. The van der Waals surface area contributed by atoms with Gasteiger partial charge in [0.15, 0.2) is 0 Å². The number of benzene rings is 1. The normalized spacial score (nSPS) is 14.1. The van der Waals surface area contributed by atoms with E-state index < -0.39 is 0 Å². The number of hydrogen-bond acceptors (Lipinski definition) is 6. The van der Waals surface area contributed by atoms with Gasteiger partial charge in [0.1, 0.15) is 29.5 Å². The number of aromatic nitrogens is 4. The number of piperazine rings is 1. The molecule has 0 unspecified atom stereocenters. The molecule has 1 fully saturated rings. The van der Waals surface area contributed by atoms with E-state index in [2.05, 4.69) is 19.9 Å². The van der Waals surface area contributed by atoms with Crippen LogP contribution in [-0.4, -0.2) is 63.6 Å². The molecule has 3 aromatic rings. The number of aryl methyl sites for hydroxylation is 2. The number of rotatable bonds is 4. The molecule has 2 aromatic heterocycles. The van der Waals surface area contributed by atoms with E-state index in [-0.39, 0.29) is 5.91 Å². The summed E-state index contributed by atoms with van der Waals surface area (Å²) in [5.41, 5.74) is 2.69. The lowest BCUT2D eigenvalue weighted by atomic mass is 10.1. The first kappa shape index (κ1) is 19.9. The van der Waals surface area contributed by atoms with E-state index in [1.165, 1.54) is 0 Å². The highest BCUT2D eigenvalue weighted by Gasteiger charge is 2.24. The molecule has 0 aliphatic carbocycles. The van der Waals surface area contributed by atoms with Gasteiger partial charge >= 0.3 is 0 Å². The molecule has 30 heavy (non-hydrogen) atoms. The molecule has 1 amide bonds. The van der Waals surface area contributed by atoms with Crippen LogP contribution in [0.5, 0.6) is 5.75 Å². The summed E-state index contributed by atoms with van der Waals surface area (Å²) in [4.78, 5) is 30.5. The number of imidazole rings is 1. The highest BCUT2D eigenvalue weighted by Crippen LogP contribution is 2.21. The average Bonchev–Trinajstić information content (AvgIpc) is 3.11. The van der Waals surface area contributed by atoms with Crippen LogP contribution in [0.15, 0.2) is 36.7 Å². The minimum absolute atomic E-state index is 0.0256. The topological polar surface area (TPSA) is 76.4 Å². The first-order valence-corrected chi connectivity index (χ1v) is 10.0. The number of carbonyl (C=O) groups excluding carboxylic acids is 1. The number of amides is 1. The third-order valence-corrected chi connectivity index (χ3v) is 5.52. The third kappa shape index (κ3) is 3.85. The van der Waals surface area contributed by atoms with E-state index in [1.807, 2.05) is 54.5 Å². The molecule has 8 heteroatoms. The van der Waals surface area contributed by atoms with Gasteiger partial charge in [0.2, 0.25) is 0 Å². The quantitative estimate of drug-likeness (QED) is 0.663. The molecule has 1 aliphatic rings. The van der Waals surface area contributed by atoms with Crippen molar-refractivity contribution < 1.29 is 9.53 Å². The van der Waals surface area contributed by atoms with Gasteiger partial charge in [-0.25, -0.2) is 15.0 Å². The molecule has 1 aromatic carbocycles. The summed E-state index contributed by atoms with van der Waals surface area (Å²) in [5.74, 6) is 3.11. The fourth-order valence-corrected chi connectivity index (χ4v) is 3.63. The predicted octanol–water partition coefficient (Wildman–Crippen LogP) is 2.56. The van der Waals surface area contributed by atoms with Crippen LogP contribution in [0.1, 0.15) is 27.6 Å². The van der Waals surface area contributed by atoms with E-state index in [9.17, 15) is 4.79 Å². The molecular weight excluding hydrogens is 380 g/mol. The van der Waals surface area contributed by atoms with Crippen molar-refractivity contribution in [1.82, 2.24) is 24.4 Å². The number of hydrogen-bond donors (Lipinski definition) is 0. The Bertz CT molecular complexity index is 1070. The zero-order valence-corrected chi connectivity index (χ0v) is 17.8. The molecule has 8 nitrogen and oxygen atoms in total. The molecule has 0 bridgehead atoms. The highest BCUT2D eigenvalue weighted by atomic mass is 16.5. The van der Waals surface area contributed by atoms with Gasteiger partial charge in [0.25, 0.3) is 5.91 Å². The lowest BCUT2D eigenvalue weighted by Crippen LogP contribution is -2.49. The third-order valence-electron chi connectivity index (χ3n) is 5.52. The summed E-state index contributed by atoms with van der Waals surface area (Å²) in [5, 5.41) is 0. The van der Waals surface area contributed by atoms with Crippen molar-refractivity contribution in [2.45, 2.75) is 20.8 Å². The molecule has 1 aliphatic heterocycles. The Kier molecular flexibility index (Phi) is 5.39. The maximum Gasteiger partial charge on any atom is 0.254 e. The Morgan fingerprint density at radius 1 is 1.00 bits per heavy atom. The summed E-state index contributed by atoms with van der Waals surface area (Å²) in [6.07, 6.45) is 1.79. The number of nitrogens with zero attached hydrogens (tertiary/aromatic N) is 6. The molecule has 4 rings (SSSR count). The Morgan fingerprint density at radius 3 is 2.40 bits per heavy atom. The molecule has 0 radical (unpaired) electrons. The van der Waals surface area contributed by atoms with Crippen molar-refractivity contribution in [2.75, 3.05) is 38.2 Å². The Labute approximate surface area is 176 Å². The smallest absolute Gasteiger partial charge is 0.254 e. The van der Waals surface area contributed by atoms with E-state index in [4.69, 9.17) is 4.74 Å². The second-order valence-electron chi connectivity index (χ2n) is 7.43. The van der Waals surface area contributed by atoms with Crippen molar-refractivity contribution in [3.63, 3.8) is 0 Å². The van der Waals surface area contributed by atoms with Crippen LogP contribution in [0.25, 0.3) is 5.82 Å². The summed E-state index contributed by atoms with van der Waals surface area (Å²) in [6, 6.07) is 9.28. The van der Waals surface area contributed by atoms with Gasteiger partial charge in [-0.2, -0.15) is 0 Å². The standard InChI is InChI=1S/C22H26N6O2/c1-15-16(2)28(14-23-15)21-13-20(24-17(3)25-21)26-8-10-27(11-9-26)22(29)18-6-5-7-19(12-18)30-4/h5-7,12-14H,8-11H2,1-4H3. The van der Waals surface area contributed by atoms with Crippen molar-refractivity contribution in [3.8, 4) is 11.6 Å². The first-order valence-electron chi connectivity index (χ1n) is 10.0. The fraction of sp³-hybridized carbons (Fsp3) is 0.364. The van der Waals surface area contributed by atoms with E-state index >= 15 is 0 Å². The van der Waals surface area contributed by atoms with E-state index in [1.54, 1.807) is 19.5 Å². The largest absolute Gasteiger partial charge is 0.497 e. The summed E-state index contributed by atoms with van der Waals surface area (Å²) in [6.45, 7) is 8.62. The molecule has 0 atom stereocenters. The van der Waals surface area contributed by atoms with Crippen molar-refractivity contribution in [2.24, 2.45) is 0 Å². The average molecular weight is 406 g/mol. The summed E-state index contributed by atoms with van der Waals surface area (Å²) >= 11 is 0. The minimum atomic E-state index is 0.0256. The molecule has 0 N–H and O–H groups in total. The second kappa shape index (κ2) is 8.14. The molecule has 1 saturated heterocycles. The Morgan fingerprint density at radius 2 is 1.73 bits per heavy atom. The van der Waals surface area contributed by atoms with Gasteiger partial charge in [-0.05, 0) is 39.0 Å². The van der Waals surface area contributed by atoms with Gasteiger partial charge < -0.3 is 14.5 Å². The van der Waals surface area contributed by atoms with Crippen LogP contribution in [0.2, 0.25) is 0 Å². The van der Waals surface area contributed by atoms with Gasteiger partial charge in [0, 0.05) is 43.5 Å². The Hall–Kier alpha value is -3.42. The van der Waals surface area contributed by atoms with Gasteiger partial charge in [-0.1, -0.05) is 6.07 Å². The molecular formula is C22H26N6O2. The molecule has 3 heterocycles. The van der Waals surface area contributed by atoms with E-state index in [0.29, 0.717) is 43.3 Å². The van der Waals surface area contributed by atoms with Crippen LogP contribution in [0.3, 0.4) is 0 Å².